The van der Waals surface area contributed by atoms with Gasteiger partial charge in [0.1, 0.15) is 6.10 Å². The van der Waals surface area contributed by atoms with Crippen LogP contribution in [0.5, 0.6) is 5.88 Å². The molecule has 0 N–H and O–H groups in total. The maximum Gasteiger partial charge on any atom is 0.214 e. The lowest BCUT2D eigenvalue weighted by atomic mass is 10.2. The predicted molar refractivity (Wildman–Crippen MR) is 108 cm³/mol. The van der Waals surface area contributed by atoms with Crippen molar-refractivity contribution in [3.05, 3.63) is 69.4 Å². The second kappa shape index (κ2) is 7.14. The van der Waals surface area contributed by atoms with Gasteiger partial charge in [0.25, 0.3) is 0 Å². The highest BCUT2D eigenvalue weighted by Gasteiger charge is 2.26. The van der Waals surface area contributed by atoms with Crippen LogP contribution in [0.15, 0.2) is 53.0 Å². The van der Waals surface area contributed by atoms with Crippen molar-refractivity contribution in [2.75, 3.05) is 18.0 Å². The summed E-state index contributed by atoms with van der Waals surface area (Å²) in [4.78, 5) is 10.4. The van der Waals surface area contributed by atoms with Gasteiger partial charge in [-0.3, -0.25) is 0 Å². The maximum absolute atomic E-state index is 7.39. The number of halogens is 2. The zero-order valence-electron chi connectivity index (χ0n) is 13.8. The number of ether oxygens (including phenoxy) is 1. The first-order valence-electron chi connectivity index (χ1n) is 8.27. The summed E-state index contributed by atoms with van der Waals surface area (Å²) in [6, 6.07) is 15.3. The van der Waals surface area contributed by atoms with Crippen LogP contribution in [0.3, 0.4) is 0 Å². The quantitative estimate of drug-likeness (QED) is 0.489. The number of hydrogen-bond donors (Lipinski definition) is 0. The van der Waals surface area contributed by atoms with E-state index >= 15 is 0 Å². The predicted octanol–water partition coefficient (Wildman–Crippen LogP) is 5.86. The highest BCUT2D eigenvalue weighted by atomic mass is 79.9. The van der Waals surface area contributed by atoms with Gasteiger partial charge in [0, 0.05) is 39.6 Å². The van der Waals surface area contributed by atoms with Gasteiger partial charge < -0.3 is 9.64 Å². The first-order valence-corrected chi connectivity index (χ1v) is 9.44. The van der Waals surface area contributed by atoms with Crippen molar-refractivity contribution in [2.24, 2.45) is 0 Å². The summed E-state index contributed by atoms with van der Waals surface area (Å²) in [6.07, 6.45) is 0.947. The van der Waals surface area contributed by atoms with Crippen LogP contribution in [0.2, 0.25) is 5.02 Å². The van der Waals surface area contributed by atoms with E-state index in [0.29, 0.717) is 16.6 Å². The zero-order chi connectivity index (χ0) is 18.1. The SMILES string of the molecule is [C-]#[N+]c1cc(Br)ccc1N1CC[C@H](Oc2ccc3cc(Cl)ccc3n2)C1. The molecular formula is C20H15BrClN3O. The summed E-state index contributed by atoms with van der Waals surface area (Å²) in [5.74, 6) is 0.618. The number of anilines is 1. The molecule has 0 bridgehead atoms. The fraction of sp³-hybridized carbons (Fsp3) is 0.200. The minimum atomic E-state index is 0.0504. The number of nitrogens with zero attached hydrogens (tertiary/aromatic N) is 3. The molecule has 0 unspecified atom stereocenters. The summed E-state index contributed by atoms with van der Waals surface area (Å²) >= 11 is 9.44. The summed E-state index contributed by atoms with van der Waals surface area (Å²) in [5, 5.41) is 1.69. The summed E-state index contributed by atoms with van der Waals surface area (Å²) in [6.45, 7) is 8.99. The third-order valence-electron chi connectivity index (χ3n) is 4.46. The summed E-state index contributed by atoms with van der Waals surface area (Å²) in [5.41, 5.74) is 2.47. The van der Waals surface area contributed by atoms with Crippen LogP contribution in [0.1, 0.15) is 6.42 Å². The molecule has 1 aliphatic heterocycles. The molecule has 1 saturated heterocycles. The van der Waals surface area contributed by atoms with Crippen LogP contribution in [0, 0.1) is 6.57 Å². The molecule has 6 heteroatoms. The molecule has 130 valence electrons. The third-order valence-corrected chi connectivity index (χ3v) is 5.19. The normalized spacial score (nSPS) is 16.7. The van der Waals surface area contributed by atoms with E-state index in [0.717, 1.165) is 40.6 Å². The van der Waals surface area contributed by atoms with Gasteiger partial charge in [0.05, 0.1) is 18.6 Å². The fourth-order valence-corrected chi connectivity index (χ4v) is 3.74. The molecule has 1 aromatic heterocycles. The van der Waals surface area contributed by atoms with Gasteiger partial charge >= 0.3 is 0 Å². The molecule has 1 atom stereocenters. The molecule has 4 nitrogen and oxygen atoms in total. The maximum atomic E-state index is 7.39. The number of benzene rings is 2. The topological polar surface area (TPSA) is 29.7 Å². The van der Waals surface area contributed by atoms with E-state index in [4.69, 9.17) is 22.9 Å². The van der Waals surface area contributed by atoms with E-state index in [2.05, 4.69) is 30.7 Å². The van der Waals surface area contributed by atoms with Crippen molar-refractivity contribution in [1.29, 1.82) is 0 Å². The van der Waals surface area contributed by atoms with Gasteiger partial charge in [0.15, 0.2) is 0 Å². The zero-order valence-corrected chi connectivity index (χ0v) is 16.2. The Morgan fingerprint density at radius 1 is 1.19 bits per heavy atom. The van der Waals surface area contributed by atoms with Crippen LogP contribution in [0.25, 0.3) is 15.7 Å². The molecule has 2 aromatic carbocycles. The standard InChI is InChI=1S/C20H15BrClN3O/c1-23-18-11-14(21)3-6-19(18)25-9-8-16(12-25)26-20-7-2-13-10-15(22)4-5-17(13)24-20/h2-7,10-11,16H,8-9,12H2/t16-/m0/s1. The second-order valence-electron chi connectivity index (χ2n) is 6.21. The molecule has 0 radical (unpaired) electrons. The Bertz CT molecular complexity index is 1020. The van der Waals surface area contributed by atoms with Crippen molar-refractivity contribution in [3.63, 3.8) is 0 Å². The Kier molecular flexibility index (Phi) is 4.71. The van der Waals surface area contributed by atoms with Crippen LogP contribution < -0.4 is 9.64 Å². The van der Waals surface area contributed by atoms with Gasteiger partial charge in [-0.25, -0.2) is 9.83 Å². The van der Waals surface area contributed by atoms with E-state index in [-0.39, 0.29) is 6.10 Å². The van der Waals surface area contributed by atoms with E-state index in [9.17, 15) is 0 Å². The molecule has 3 aromatic rings. The molecule has 0 saturated carbocycles. The largest absolute Gasteiger partial charge is 0.472 e. The molecule has 2 heterocycles. The molecule has 0 spiro atoms. The van der Waals surface area contributed by atoms with Crippen molar-refractivity contribution in [2.45, 2.75) is 12.5 Å². The number of aromatic nitrogens is 1. The average Bonchev–Trinajstić information content (AvgIpc) is 3.10. The first kappa shape index (κ1) is 17.1. The van der Waals surface area contributed by atoms with Crippen molar-refractivity contribution < 1.29 is 4.74 Å². The average molecular weight is 429 g/mol. The third kappa shape index (κ3) is 3.48. The summed E-state index contributed by atoms with van der Waals surface area (Å²) < 4.78 is 7.01. The molecule has 0 aliphatic carbocycles. The van der Waals surface area contributed by atoms with Crippen molar-refractivity contribution in [3.8, 4) is 5.88 Å². The lowest BCUT2D eigenvalue weighted by Crippen LogP contribution is -2.24. The van der Waals surface area contributed by atoms with Gasteiger partial charge in [-0.1, -0.05) is 27.5 Å². The molecular weight excluding hydrogens is 414 g/mol. The lowest BCUT2D eigenvalue weighted by molar-refractivity contribution is 0.216. The molecule has 26 heavy (non-hydrogen) atoms. The minimum absolute atomic E-state index is 0.0504. The molecule has 4 rings (SSSR count). The molecule has 1 fully saturated rings. The van der Waals surface area contributed by atoms with Crippen LogP contribution in [0.4, 0.5) is 11.4 Å². The first-order chi connectivity index (χ1) is 12.6. The van der Waals surface area contributed by atoms with E-state index in [1.807, 2.05) is 48.5 Å². The smallest absolute Gasteiger partial charge is 0.214 e. The van der Waals surface area contributed by atoms with E-state index < -0.39 is 0 Å². The Labute approximate surface area is 165 Å². The van der Waals surface area contributed by atoms with Gasteiger partial charge in [-0.15, -0.1) is 0 Å². The minimum Gasteiger partial charge on any atom is -0.472 e. The van der Waals surface area contributed by atoms with E-state index in [1.165, 1.54) is 0 Å². The summed E-state index contributed by atoms with van der Waals surface area (Å²) in [7, 11) is 0. The number of fused-ring (bicyclic) bond motifs is 1. The van der Waals surface area contributed by atoms with Crippen LogP contribution in [-0.4, -0.2) is 24.2 Å². The number of rotatable bonds is 3. The van der Waals surface area contributed by atoms with Gasteiger partial charge in [-0.2, -0.15) is 0 Å². The van der Waals surface area contributed by atoms with Crippen LogP contribution in [-0.2, 0) is 0 Å². The second-order valence-corrected chi connectivity index (χ2v) is 7.56. The van der Waals surface area contributed by atoms with Gasteiger partial charge in [-0.05, 0) is 42.5 Å². The Balaban J connectivity index is 1.50. The molecule has 0 amide bonds. The van der Waals surface area contributed by atoms with Gasteiger partial charge in [0.2, 0.25) is 11.6 Å². The lowest BCUT2D eigenvalue weighted by Gasteiger charge is -2.20. The number of pyridine rings is 1. The monoisotopic (exact) mass is 427 g/mol. The Morgan fingerprint density at radius 2 is 2.08 bits per heavy atom. The highest BCUT2D eigenvalue weighted by molar-refractivity contribution is 9.10. The fourth-order valence-electron chi connectivity index (χ4n) is 3.21. The Hall–Kier alpha value is -2.29. The molecule has 1 aliphatic rings. The van der Waals surface area contributed by atoms with Crippen molar-refractivity contribution >= 4 is 49.8 Å². The Morgan fingerprint density at radius 3 is 2.92 bits per heavy atom. The number of hydrogen-bond acceptors (Lipinski definition) is 3. The van der Waals surface area contributed by atoms with Crippen molar-refractivity contribution in [1.82, 2.24) is 4.98 Å². The highest BCUT2D eigenvalue weighted by Crippen LogP contribution is 2.34. The van der Waals surface area contributed by atoms with E-state index in [1.54, 1.807) is 0 Å². The van der Waals surface area contributed by atoms with Crippen LogP contribution >= 0.6 is 27.5 Å².